The van der Waals surface area contributed by atoms with Crippen molar-refractivity contribution in [1.82, 2.24) is 14.1 Å². The molecule has 0 bridgehead atoms. The predicted molar refractivity (Wildman–Crippen MR) is 58.9 cm³/mol. The van der Waals surface area contributed by atoms with Crippen molar-refractivity contribution >= 4 is 20.0 Å². The first-order valence-electron chi connectivity index (χ1n) is 4.72. The van der Waals surface area contributed by atoms with Crippen LogP contribution in [0.3, 0.4) is 0 Å². The van der Waals surface area contributed by atoms with Crippen molar-refractivity contribution < 1.29 is 16.8 Å². The van der Waals surface area contributed by atoms with Gasteiger partial charge < -0.3 is 0 Å². The second-order valence-electron chi connectivity index (χ2n) is 3.83. The SMILES string of the molecule is CS(=O)(=O)c1cnn2c1CN(S(N)(=O)=O)CC2. The highest BCUT2D eigenvalue weighted by Gasteiger charge is 2.29. The molecule has 0 fully saturated rings. The number of aromatic nitrogens is 2. The van der Waals surface area contributed by atoms with Gasteiger partial charge in [-0.3, -0.25) is 4.68 Å². The standard InChI is InChI=1S/C7H12N4O4S2/c1-16(12,13)7-4-9-11-3-2-10(5-6(7)11)17(8,14)15/h4H,2-3,5H2,1H3,(H2,8,14,15). The van der Waals surface area contributed by atoms with Crippen LogP contribution in [0.15, 0.2) is 11.1 Å². The summed E-state index contributed by atoms with van der Waals surface area (Å²) in [6, 6.07) is 0. The lowest BCUT2D eigenvalue weighted by Gasteiger charge is -2.25. The molecule has 2 heterocycles. The molecule has 0 unspecified atom stereocenters. The van der Waals surface area contributed by atoms with Gasteiger partial charge in [0.15, 0.2) is 9.84 Å². The summed E-state index contributed by atoms with van der Waals surface area (Å²) in [6.07, 6.45) is 2.29. The van der Waals surface area contributed by atoms with Crippen molar-refractivity contribution in [3.05, 3.63) is 11.9 Å². The molecule has 1 aliphatic heterocycles. The van der Waals surface area contributed by atoms with Crippen LogP contribution in [0.4, 0.5) is 0 Å². The Morgan fingerprint density at radius 2 is 1.94 bits per heavy atom. The molecule has 0 saturated heterocycles. The molecule has 17 heavy (non-hydrogen) atoms. The van der Waals surface area contributed by atoms with Crippen LogP contribution in [0, 0.1) is 0 Å². The van der Waals surface area contributed by atoms with E-state index in [0.29, 0.717) is 12.2 Å². The molecule has 0 aliphatic carbocycles. The Hall–Kier alpha value is -0.970. The van der Waals surface area contributed by atoms with Crippen LogP contribution in [0.25, 0.3) is 0 Å². The van der Waals surface area contributed by atoms with Gasteiger partial charge in [-0.05, 0) is 0 Å². The van der Waals surface area contributed by atoms with Crippen molar-refractivity contribution in [3.63, 3.8) is 0 Å². The third-order valence-corrected chi connectivity index (χ3v) is 4.73. The van der Waals surface area contributed by atoms with E-state index in [2.05, 4.69) is 5.10 Å². The Morgan fingerprint density at radius 1 is 1.29 bits per heavy atom. The summed E-state index contributed by atoms with van der Waals surface area (Å²) in [5, 5.41) is 8.93. The van der Waals surface area contributed by atoms with Crippen molar-refractivity contribution in [3.8, 4) is 0 Å². The molecule has 10 heteroatoms. The van der Waals surface area contributed by atoms with Crippen LogP contribution in [0.5, 0.6) is 0 Å². The molecule has 0 amide bonds. The lowest BCUT2D eigenvalue weighted by Crippen LogP contribution is -2.42. The molecule has 1 aromatic heterocycles. The summed E-state index contributed by atoms with van der Waals surface area (Å²) in [6.45, 7) is 0.416. The maximum atomic E-state index is 11.5. The van der Waals surface area contributed by atoms with Crippen LogP contribution >= 0.6 is 0 Å². The van der Waals surface area contributed by atoms with E-state index >= 15 is 0 Å². The molecule has 0 saturated carbocycles. The highest BCUT2D eigenvalue weighted by Crippen LogP contribution is 2.21. The molecule has 2 rings (SSSR count). The third kappa shape index (κ3) is 2.34. The normalized spacial score (nSPS) is 18.0. The van der Waals surface area contributed by atoms with Crippen LogP contribution in [-0.4, -0.2) is 43.7 Å². The van der Waals surface area contributed by atoms with E-state index in [0.717, 1.165) is 10.6 Å². The van der Waals surface area contributed by atoms with Gasteiger partial charge in [-0.1, -0.05) is 0 Å². The van der Waals surface area contributed by atoms with E-state index in [1.165, 1.54) is 10.9 Å². The van der Waals surface area contributed by atoms with Crippen LogP contribution in [0.2, 0.25) is 0 Å². The number of rotatable bonds is 2. The molecule has 0 aromatic carbocycles. The largest absolute Gasteiger partial charge is 0.277 e. The van der Waals surface area contributed by atoms with Gasteiger partial charge in [0.2, 0.25) is 0 Å². The number of nitrogens with two attached hydrogens (primary N) is 1. The zero-order chi connectivity index (χ0) is 12.8. The van der Waals surface area contributed by atoms with Crippen molar-refractivity contribution in [1.29, 1.82) is 0 Å². The fourth-order valence-corrected chi connectivity index (χ4v) is 3.20. The smallest absolute Gasteiger partial charge is 0.266 e. The van der Waals surface area contributed by atoms with Gasteiger partial charge >= 0.3 is 0 Å². The quantitative estimate of drug-likeness (QED) is 0.693. The summed E-state index contributed by atoms with van der Waals surface area (Å²) in [4.78, 5) is 0.0471. The highest BCUT2D eigenvalue weighted by molar-refractivity contribution is 7.90. The fraction of sp³-hybridized carbons (Fsp3) is 0.571. The minimum absolute atomic E-state index is 0.0471. The number of hydrogen-bond acceptors (Lipinski definition) is 5. The maximum Gasteiger partial charge on any atom is 0.277 e. The lowest BCUT2D eigenvalue weighted by atomic mass is 10.3. The van der Waals surface area contributed by atoms with Crippen LogP contribution < -0.4 is 5.14 Å². The van der Waals surface area contributed by atoms with Crippen molar-refractivity contribution in [2.45, 2.75) is 18.0 Å². The second-order valence-corrected chi connectivity index (χ2v) is 7.36. The Labute approximate surface area is 99.1 Å². The third-order valence-electron chi connectivity index (χ3n) is 2.56. The minimum Gasteiger partial charge on any atom is -0.266 e. The van der Waals surface area contributed by atoms with E-state index in [9.17, 15) is 16.8 Å². The van der Waals surface area contributed by atoms with Gasteiger partial charge in [-0.25, -0.2) is 13.6 Å². The summed E-state index contributed by atoms with van der Waals surface area (Å²) in [5.41, 5.74) is 0.354. The lowest BCUT2D eigenvalue weighted by molar-refractivity contribution is 0.323. The number of fused-ring (bicyclic) bond motifs is 1. The van der Waals surface area contributed by atoms with E-state index in [1.807, 2.05) is 0 Å². The van der Waals surface area contributed by atoms with E-state index in [4.69, 9.17) is 5.14 Å². The number of sulfone groups is 1. The first-order chi connectivity index (χ1) is 7.69. The molecule has 0 spiro atoms. The number of hydrogen-bond donors (Lipinski definition) is 1. The summed E-state index contributed by atoms with van der Waals surface area (Å²) in [7, 11) is -7.23. The Bertz CT molecular complexity index is 645. The van der Waals surface area contributed by atoms with Gasteiger partial charge in [0.05, 0.1) is 25.0 Å². The van der Waals surface area contributed by atoms with Crippen molar-refractivity contribution in [2.24, 2.45) is 5.14 Å². The molecule has 2 N–H and O–H groups in total. The summed E-state index contributed by atoms with van der Waals surface area (Å²) in [5.74, 6) is 0. The zero-order valence-corrected chi connectivity index (χ0v) is 10.7. The van der Waals surface area contributed by atoms with Gasteiger partial charge in [0.1, 0.15) is 4.90 Å². The minimum atomic E-state index is -3.81. The predicted octanol–water partition coefficient (Wildman–Crippen LogP) is -1.69. The topological polar surface area (TPSA) is 115 Å². The van der Waals surface area contributed by atoms with Crippen LogP contribution in [-0.2, 0) is 33.1 Å². The Kier molecular flexibility index (Phi) is 2.77. The fourth-order valence-electron chi connectivity index (χ4n) is 1.73. The van der Waals surface area contributed by atoms with Gasteiger partial charge in [0, 0.05) is 12.8 Å². The monoisotopic (exact) mass is 280 g/mol. The first kappa shape index (κ1) is 12.5. The first-order valence-corrected chi connectivity index (χ1v) is 8.11. The Balaban J connectivity index is 2.47. The van der Waals surface area contributed by atoms with Crippen LogP contribution in [0.1, 0.15) is 5.69 Å². The molecule has 1 aliphatic rings. The summed E-state index contributed by atoms with van der Waals surface area (Å²) < 4.78 is 47.9. The van der Waals surface area contributed by atoms with E-state index < -0.39 is 20.0 Å². The van der Waals surface area contributed by atoms with Gasteiger partial charge in [-0.15, -0.1) is 0 Å². The van der Waals surface area contributed by atoms with Gasteiger partial charge in [0.25, 0.3) is 10.2 Å². The average molecular weight is 280 g/mol. The number of nitrogens with zero attached hydrogens (tertiary/aromatic N) is 3. The van der Waals surface area contributed by atoms with E-state index in [1.54, 1.807) is 0 Å². The molecule has 96 valence electrons. The molecular formula is C7H12N4O4S2. The molecule has 0 atom stereocenters. The molecule has 0 radical (unpaired) electrons. The van der Waals surface area contributed by atoms with Gasteiger partial charge in [-0.2, -0.15) is 17.8 Å². The average Bonchev–Trinajstić information content (AvgIpc) is 2.57. The molecule has 1 aromatic rings. The molecule has 8 nitrogen and oxygen atoms in total. The zero-order valence-electron chi connectivity index (χ0n) is 9.07. The molecular weight excluding hydrogens is 268 g/mol. The Morgan fingerprint density at radius 3 is 2.47 bits per heavy atom. The van der Waals surface area contributed by atoms with Crippen molar-refractivity contribution in [2.75, 3.05) is 12.8 Å². The second kappa shape index (κ2) is 3.77. The van der Waals surface area contributed by atoms with E-state index in [-0.39, 0.29) is 18.0 Å². The maximum absolute atomic E-state index is 11.5. The highest BCUT2D eigenvalue weighted by atomic mass is 32.2. The summed E-state index contributed by atoms with van der Waals surface area (Å²) >= 11 is 0.